The van der Waals surface area contributed by atoms with E-state index in [4.69, 9.17) is 5.73 Å². The molecule has 0 radical (unpaired) electrons. The van der Waals surface area contributed by atoms with Gasteiger partial charge in [0.05, 0.1) is 0 Å². The van der Waals surface area contributed by atoms with Gasteiger partial charge in [-0.25, -0.2) is 9.97 Å². The van der Waals surface area contributed by atoms with Crippen LogP contribution in [0.5, 0.6) is 0 Å². The molecule has 3 N–H and O–H groups in total. The Morgan fingerprint density at radius 2 is 2.21 bits per heavy atom. The van der Waals surface area contributed by atoms with Crippen LogP contribution in [0.15, 0.2) is 18.6 Å². The molecule has 0 aromatic carbocycles. The second-order valence-corrected chi connectivity index (χ2v) is 4.45. The fourth-order valence-corrected chi connectivity index (χ4v) is 0.916. The van der Waals surface area contributed by atoms with E-state index in [-0.39, 0.29) is 11.5 Å². The maximum absolute atomic E-state index is 5.99. The van der Waals surface area contributed by atoms with Gasteiger partial charge in [-0.2, -0.15) is 0 Å². The van der Waals surface area contributed by atoms with Gasteiger partial charge in [0.1, 0.15) is 12.1 Å². The Morgan fingerprint density at radius 1 is 1.50 bits per heavy atom. The van der Waals surface area contributed by atoms with Gasteiger partial charge in [0.2, 0.25) is 0 Å². The van der Waals surface area contributed by atoms with Crippen molar-refractivity contribution in [1.29, 1.82) is 0 Å². The minimum Gasteiger partial charge on any atom is -0.368 e. The van der Waals surface area contributed by atoms with Crippen molar-refractivity contribution in [2.45, 2.75) is 26.8 Å². The molecule has 0 saturated carbocycles. The fraction of sp³-hybridized carbons (Fsp3) is 0.600. The zero-order valence-corrected chi connectivity index (χ0v) is 8.99. The summed E-state index contributed by atoms with van der Waals surface area (Å²) in [6.07, 6.45) is 3.23. The van der Waals surface area contributed by atoms with Crippen molar-refractivity contribution in [3.63, 3.8) is 0 Å². The maximum atomic E-state index is 5.99. The third kappa shape index (κ3) is 3.30. The van der Waals surface area contributed by atoms with Crippen molar-refractivity contribution in [2.24, 2.45) is 11.1 Å². The van der Waals surface area contributed by atoms with Gasteiger partial charge in [-0.15, -0.1) is 0 Å². The molecule has 1 aromatic rings. The second kappa shape index (κ2) is 4.37. The number of nitrogens with two attached hydrogens (primary N) is 1. The Hall–Kier alpha value is -1.16. The molecule has 1 aromatic heterocycles. The number of hydrogen-bond acceptors (Lipinski definition) is 4. The quantitative estimate of drug-likeness (QED) is 0.760. The standard InChI is InChI=1S/C10H18N4/c1-10(2,3)8(11)6-13-9-4-5-12-7-14-9/h4-5,7-8H,6,11H2,1-3H3,(H,12,13,14). The molecule has 0 aliphatic rings. The summed E-state index contributed by atoms with van der Waals surface area (Å²) in [6, 6.07) is 1.94. The maximum Gasteiger partial charge on any atom is 0.129 e. The van der Waals surface area contributed by atoms with E-state index in [0.717, 1.165) is 12.4 Å². The monoisotopic (exact) mass is 194 g/mol. The minimum absolute atomic E-state index is 0.109. The Morgan fingerprint density at radius 3 is 2.71 bits per heavy atom. The summed E-state index contributed by atoms with van der Waals surface area (Å²) in [5, 5.41) is 3.17. The lowest BCUT2D eigenvalue weighted by Gasteiger charge is -2.27. The van der Waals surface area contributed by atoms with Crippen LogP contribution in [0.25, 0.3) is 0 Å². The smallest absolute Gasteiger partial charge is 0.129 e. The molecule has 0 bridgehead atoms. The predicted molar refractivity (Wildman–Crippen MR) is 58.0 cm³/mol. The largest absolute Gasteiger partial charge is 0.368 e. The predicted octanol–water partition coefficient (Wildman–Crippen LogP) is 1.26. The van der Waals surface area contributed by atoms with E-state index in [1.54, 1.807) is 6.20 Å². The Balaban J connectivity index is 2.42. The molecule has 0 spiro atoms. The van der Waals surface area contributed by atoms with Crippen LogP contribution in [0.3, 0.4) is 0 Å². The van der Waals surface area contributed by atoms with Crippen LogP contribution >= 0.6 is 0 Å². The summed E-state index contributed by atoms with van der Waals surface area (Å²) in [5.41, 5.74) is 6.10. The summed E-state index contributed by atoms with van der Waals surface area (Å²) in [5.74, 6) is 0.819. The van der Waals surface area contributed by atoms with Gasteiger partial charge in [-0.1, -0.05) is 20.8 Å². The lowest BCUT2D eigenvalue weighted by molar-refractivity contribution is 0.331. The highest BCUT2D eigenvalue weighted by atomic mass is 15.0. The van der Waals surface area contributed by atoms with E-state index >= 15 is 0 Å². The third-order valence-electron chi connectivity index (χ3n) is 2.20. The van der Waals surface area contributed by atoms with E-state index < -0.39 is 0 Å². The van der Waals surface area contributed by atoms with E-state index in [1.165, 1.54) is 6.33 Å². The van der Waals surface area contributed by atoms with E-state index in [2.05, 4.69) is 36.1 Å². The second-order valence-electron chi connectivity index (χ2n) is 4.45. The highest BCUT2D eigenvalue weighted by Crippen LogP contribution is 2.17. The van der Waals surface area contributed by atoms with Crippen molar-refractivity contribution >= 4 is 5.82 Å². The molecule has 0 fully saturated rings. The molecule has 1 heterocycles. The summed E-state index contributed by atoms with van der Waals surface area (Å²) in [6.45, 7) is 7.10. The number of aromatic nitrogens is 2. The molecule has 0 aliphatic heterocycles. The lowest BCUT2D eigenvalue weighted by Crippen LogP contribution is -2.40. The summed E-state index contributed by atoms with van der Waals surface area (Å²) < 4.78 is 0. The third-order valence-corrected chi connectivity index (χ3v) is 2.20. The van der Waals surface area contributed by atoms with Gasteiger partial charge in [-0.3, -0.25) is 0 Å². The van der Waals surface area contributed by atoms with Crippen molar-refractivity contribution in [2.75, 3.05) is 11.9 Å². The van der Waals surface area contributed by atoms with Gasteiger partial charge >= 0.3 is 0 Å². The molecular formula is C10H18N4. The molecule has 0 saturated heterocycles. The van der Waals surface area contributed by atoms with Crippen LogP contribution < -0.4 is 11.1 Å². The fourth-order valence-electron chi connectivity index (χ4n) is 0.916. The summed E-state index contributed by atoms with van der Waals surface area (Å²) >= 11 is 0. The number of rotatable bonds is 3. The molecule has 4 heteroatoms. The molecule has 78 valence electrons. The van der Waals surface area contributed by atoms with Crippen molar-refractivity contribution in [1.82, 2.24) is 9.97 Å². The zero-order chi connectivity index (χ0) is 10.6. The molecule has 0 aliphatic carbocycles. The molecule has 1 rings (SSSR count). The molecule has 0 amide bonds. The molecular weight excluding hydrogens is 176 g/mol. The number of nitrogens with zero attached hydrogens (tertiary/aromatic N) is 2. The highest BCUT2D eigenvalue weighted by Gasteiger charge is 2.19. The van der Waals surface area contributed by atoms with E-state index in [9.17, 15) is 0 Å². The lowest BCUT2D eigenvalue weighted by atomic mass is 9.87. The Kier molecular flexibility index (Phi) is 3.41. The Bertz CT molecular complexity index is 265. The first-order valence-corrected chi connectivity index (χ1v) is 4.75. The number of anilines is 1. The van der Waals surface area contributed by atoms with Crippen molar-refractivity contribution in [3.8, 4) is 0 Å². The summed E-state index contributed by atoms with van der Waals surface area (Å²) in [4.78, 5) is 7.89. The average Bonchev–Trinajstić information content (AvgIpc) is 2.14. The summed E-state index contributed by atoms with van der Waals surface area (Å²) in [7, 11) is 0. The topological polar surface area (TPSA) is 63.8 Å². The van der Waals surface area contributed by atoms with Gasteiger partial charge in [-0.05, 0) is 11.5 Å². The first kappa shape index (κ1) is 10.9. The number of hydrogen-bond donors (Lipinski definition) is 2. The molecule has 4 nitrogen and oxygen atoms in total. The zero-order valence-electron chi connectivity index (χ0n) is 8.99. The average molecular weight is 194 g/mol. The van der Waals surface area contributed by atoms with Crippen LogP contribution in [0.1, 0.15) is 20.8 Å². The normalized spacial score (nSPS) is 13.7. The first-order chi connectivity index (χ1) is 6.50. The van der Waals surface area contributed by atoms with E-state index in [0.29, 0.717) is 0 Å². The van der Waals surface area contributed by atoms with Gasteiger partial charge in [0, 0.05) is 18.8 Å². The van der Waals surface area contributed by atoms with Gasteiger partial charge in [0.15, 0.2) is 0 Å². The SMILES string of the molecule is CC(C)(C)C(N)CNc1ccncn1. The Labute approximate surface area is 85.0 Å². The molecule has 14 heavy (non-hydrogen) atoms. The van der Waals surface area contributed by atoms with Crippen LogP contribution in [0, 0.1) is 5.41 Å². The van der Waals surface area contributed by atoms with Crippen LogP contribution in [-0.4, -0.2) is 22.6 Å². The van der Waals surface area contributed by atoms with Crippen molar-refractivity contribution < 1.29 is 0 Å². The highest BCUT2D eigenvalue weighted by molar-refractivity contribution is 5.31. The molecule has 1 atom stereocenters. The van der Waals surface area contributed by atoms with E-state index in [1.807, 2.05) is 6.07 Å². The van der Waals surface area contributed by atoms with Crippen LogP contribution in [-0.2, 0) is 0 Å². The van der Waals surface area contributed by atoms with Gasteiger partial charge in [0.25, 0.3) is 0 Å². The first-order valence-electron chi connectivity index (χ1n) is 4.75. The number of nitrogens with one attached hydrogen (secondary N) is 1. The van der Waals surface area contributed by atoms with Crippen molar-refractivity contribution in [3.05, 3.63) is 18.6 Å². The molecule has 1 unspecified atom stereocenters. The van der Waals surface area contributed by atoms with Crippen LogP contribution in [0.2, 0.25) is 0 Å². The van der Waals surface area contributed by atoms with Crippen LogP contribution in [0.4, 0.5) is 5.82 Å². The van der Waals surface area contributed by atoms with Gasteiger partial charge < -0.3 is 11.1 Å². The minimum atomic E-state index is 0.109.